The van der Waals surface area contributed by atoms with Crippen molar-refractivity contribution >= 4 is 22.9 Å². The quantitative estimate of drug-likeness (QED) is 0.533. The second-order valence-electron chi connectivity index (χ2n) is 6.70. The number of rotatable bonds is 3. The Morgan fingerprint density at radius 1 is 1.11 bits per heavy atom. The van der Waals surface area contributed by atoms with Crippen LogP contribution in [0.3, 0.4) is 0 Å². The second-order valence-corrected chi connectivity index (χ2v) is 7.63. The number of amides is 1. The van der Waals surface area contributed by atoms with E-state index in [4.69, 9.17) is 0 Å². The number of imidazole rings is 1. The molecule has 4 heterocycles. The van der Waals surface area contributed by atoms with Crippen LogP contribution in [0.4, 0.5) is 0 Å². The van der Waals surface area contributed by atoms with Gasteiger partial charge in [0.05, 0.1) is 17.3 Å². The highest BCUT2D eigenvalue weighted by Gasteiger charge is 2.32. The molecule has 0 bridgehead atoms. The molecule has 0 aliphatic carbocycles. The highest BCUT2D eigenvalue weighted by molar-refractivity contribution is 7.09. The lowest BCUT2D eigenvalue weighted by Crippen LogP contribution is -2.30. The molecule has 0 spiro atoms. The molecule has 1 amide bonds. The van der Waals surface area contributed by atoms with E-state index < -0.39 is 0 Å². The molecule has 1 aliphatic heterocycles. The molecule has 0 radical (unpaired) electrons. The fourth-order valence-corrected chi connectivity index (χ4v) is 4.48. The zero-order valence-corrected chi connectivity index (χ0v) is 15.5. The summed E-state index contributed by atoms with van der Waals surface area (Å²) in [6, 6.07) is 13.9. The van der Waals surface area contributed by atoms with Gasteiger partial charge < -0.3 is 9.30 Å². The highest BCUT2D eigenvalue weighted by Crippen LogP contribution is 2.34. The Morgan fingerprint density at radius 3 is 2.81 bits per heavy atom. The maximum atomic E-state index is 13.1. The van der Waals surface area contributed by atoms with E-state index in [1.54, 1.807) is 11.3 Å². The predicted molar refractivity (Wildman–Crippen MR) is 106 cm³/mol. The number of thiazole rings is 1. The monoisotopic (exact) mass is 374 g/mol. The van der Waals surface area contributed by atoms with E-state index in [0.717, 1.165) is 41.3 Å². The van der Waals surface area contributed by atoms with Crippen molar-refractivity contribution < 1.29 is 4.79 Å². The molecule has 5 rings (SSSR count). The lowest BCUT2D eigenvalue weighted by atomic mass is 10.2. The van der Waals surface area contributed by atoms with Crippen LogP contribution in [0, 0.1) is 0 Å². The van der Waals surface area contributed by atoms with Crippen molar-refractivity contribution in [1.82, 2.24) is 19.3 Å². The second kappa shape index (κ2) is 6.63. The van der Waals surface area contributed by atoms with E-state index in [1.165, 1.54) is 0 Å². The first-order chi connectivity index (χ1) is 13.3. The molecule has 0 unspecified atom stereocenters. The first kappa shape index (κ1) is 16.2. The Morgan fingerprint density at radius 2 is 2.00 bits per heavy atom. The minimum Gasteiger partial charge on any atom is -0.329 e. The van der Waals surface area contributed by atoms with E-state index in [2.05, 4.69) is 9.97 Å². The van der Waals surface area contributed by atoms with E-state index >= 15 is 0 Å². The molecule has 1 aromatic carbocycles. The van der Waals surface area contributed by atoms with Crippen LogP contribution in [0.1, 0.15) is 34.2 Å². The van der Waals surface area contributed by atoms with Crippen LogP contribution in [-0.4, -0.2) is 31.7 Å². The van der Waals surface area contributed by atoms with Crippen molar-refractivity contribution in [2.75, 3.05) is 6.54 Å². The van der Waals surface area contributed by atoms with Crippen LogP contribution < -0.4 is 0 Å². The van der Waals surface area contributed by atoms with Crippen molar-refractivity contribution in [1.29, 1.82) is 0 Å². The number of carbonyl (C=O) groups is 1. The summed E-state index contributed by atoms with van der Waals surface area (Å²) in [5, 5.41) is 3.00. The molecule has 1 aliphatic rings. The summed E-state index contributed by atoms with van der Waals surface area (Å²) in [5.41, 5.74) is 3.49. The zero-order chi connectivity index (χ0) is 18.2. The van der Waals surface area contributed by atoms with Gasteiger partial charge in [-0.2, -0.15) is 0 Å². The van der Waals surface area contributed by atoms with E-state index in [1.807, 2.05) is 75.7 Å². The first-order valence-electron chi connectivity index (χ1n) is 9.04. The van der Waals surface area contributed by atoms with Crippen LogP contribution in [-0.2, 0) is 0 Å². The molecule has 134 valence electrons. The lowest BCUT2D eigenvalue weighted by Gasteiger charge is -2.23. The molecule has 1 saturated heterocycles. The summed E-state index contributed by atoms with van der Waals surface area (Å²) < 4.78 is 1.93. The van der Waals surface area contributed by atoms with Crippen LogP contribution in [0.2, 0.25) is 0 Å². The maximum Gasteiger partial charge on any atom is 0.255 e. The number of carbonyl (C=O) groups excluding carboxylic acids is 1. The van der Waals surface area contributed by atoms with E-state index in [9.17, 15) is 4.79 Å². The Labute approximate surface area is 160 Å². The number of hydrogen-bond acceptors (Lipinski definition) is 4. The molecule has 1 fully saturated rings. The lowest BCUT2D eigenvalue weighted by molar-refractivity contribution is 0.0735. The van der Waals surface area contributed by atoms with Gasteiger partial charge in [0.1, 0.15) is 10.7 Å². The first-order valence-corrected chi connectivity index (χ1v) is 9.92. The van der Waals surface area contributed by atoms with Crippen LogP contribution in [0.25, 0.3) is 16.9 Å². The third-order valence-corrected chi connectivity index (χ3v) is 5.89. The molecule has 1 atom stereocenters. The number of pyridine rings is 1. The van der Waals surface area contributed by atoms with Crippen molar-refractivity contribution in [2.24, 2.45) is 0 Å². The Kier molecular flexibility index (Phi) is 3.98. The largest absolute Gasteiger partial charge is 0.329 e. The third kappa shape index (κ3) is 2.92. The molecule has 5 nitrogen and oxygen atoms in total. The number of aromatic nitrogens is 3. The smallest absolute Gasteiger partial charge is 0.255 e. The standard InChI is InChI=1S/C21H18N4OS/c26-21(25-11-4-7-18(25)20-22-10-12-27-20)16-8-9-19-23-17(14-24(19)13-16)15-5-2-1-3-6-15/h1-3,5-6,8-10,12-14,18H,4,7,11H2/t18-/m0/s1. The highest BCUT2D eigenvalue weighted by atomic mass is 32.1. The maximum absolute atomic E-state index is 13.1. The number of likely N-dealkylation sites (tertiary alicyclic amines) is 1. The number of benzene rings is 1. The van der Waals surface area contributed by atoms with E-state index in [-0.39, 0.29) is 11.9 Å². The summed E-state index contributed by atoms with van der Waals surface area (Å²) in [6.07, 6.45) is 7.66. The number of hydrogen-bond donors (Lipinski definition) is 0. The normalized spacial score (nSPS) is 16.9. The van der Waals surface area contributed by atoms with Gasteiger partial charge >= 0.3 is 0 Å². The van der Waals surface area contributed by atoms with Crippen molar-refractivity contribution in [2.45, 2.75) is 18.9 Å². The van der Waals surface area contributed by atoms with Gasteiger partial charge in [0.25, 0.3) is 5.91 Å². The van der Waals surface area contributed by atoms with Gasteiger partial charge in [-0.05, 0) is 25.0 Å². The molecular weight excluding hydrogens is 356 g/mol. The van der Waals surface area contributed by atoms with Crippen LogP contribution in [0.5, 0.6) is 0 Å². The Bertz CT molecular complexity index is 1090. The molecule has 0 saturated carbocycles. The van der Waals surface area contributed by atoms with Gasteiger partial charge in [-0.1, -0.05) is 30.3 Å². The average Bonchev–Trinajstić information content (AvgIpc) is 3.47. The molecule has 27 heavy (non-hydrogen) atoms. The van der Waals surface area contributed by atoms with Gasteiger partial charge in [0.15, 0.2) is 0 Å². The van der Waals surface area contributed by atoms with Gasteiger partial charge in [-0.3, -0.25) is 4.79 Å². The van der Waals surface area contributed by atoms with Gasteiger partial charge in [0, 0.05) is 36.1 Å². The summed E-state index contributed by atoms with van der Waals surface area (Å²) in [5.74, 6) is 0.0598. The molecule has 6 heteroatoms. The van der Waals surface area contributed by atoms with Crippen molar-refractivity contribution in [3.63, 3.8) is 0 Å². The molecular formula is C21H18N4OS. The molecule has 3 aromatic heterocycles. The van der Waals surface area contributed by atoms with Crippen LogP contribution in [0.15, 0.2) is 66.4 Å². The summed E-state index contributed by atoms with van der Waals surface area (Å²) in [4.78, 5) is 24.2. The van der Waals surface area contributed by atoms with Crippen molar-refractivity contribution in [3.05, 3.63) is 77.0 Å². The van der Waals surface area contributed by atoms with Gasteiger partial charge in [0.2, 0.25) is 0 Å². The summed E-state index contributed by atoms with van der Waals surface area (Å²) in [7, 11) is 0. The minimum atomic E-state index is 0.0598. The average molecular weight is 374 g/mol. The summed E-state index contributed by atoms with van der Waals surface area (Å²) >= 11 is 1.62. The molecule has 0 N–H and O–H groups in total. The molecule has 4 aromatic rings. The van der Waals surface area contributed by atoms with Gasteiger partial charge in [-0.25, -0.2) is 9.97 Å². The fourth-order valence-electron chi connectivity index (χ4n) is 3.70. The minimum absolute atomic E-state index is 0.0598. The fraction of sp³-hybridized carbons (Fsp3) is 0.190. The predicted octanol–water partition coefficient (Wildman–Crippen LogP) is 4.44. The van der Waals surface area contributed by atoms with Gasteiger partial charge in [-0.15, -0.1) is 11.3 Å². The Balaban J connectivity index is 1.47. The number of fused-ring (bicyclic) bond motifs is 1. The van der Waals surface area contributed by atoms with Crippen molar-refractivity contribution in [3.8, 4) is 11.3 Å². The zero-order valence-electron chi connectivity index (χ0n) is 14.7. The van der Waals surface area contributed by atoms with Crippen LogP contribution >= 0.6 is 11.3 Å². The Hall–Kier alpha value is -2.99. The summed E-state index contributed by atoms with van der Waals surface area (Å²) in [6.45, 7) is 0.778. The number of nitrogens with zero attached hydrogens (tertiary/aromatic N) is 4. The topological polar surface area (TPSA) is 50.5 Å². The van der Waals surface area contributed by atoms with E-state index in [0.29, 0.717) is 5.56 Å². The SMILES string of the molecule is O=C(c1ccc2nc(-c3ccccc3)cn2c1)N1CCC[C@H]1c1nccs1. The third-order valence-electron chi connectivity index (χ3n) is 5.02.